The van der Waals surface area contributed by atoms with Crippen LogP contribution in [-0.2, 0) is 4.79 Å². The van der Waals surface area contributed by atoms with E-state index in [1.807, 2.05) is 56.3 Å². The van der Waals surface area contributed by atoms with Crippen molar-refractivity contribution in [1.82, 2.24) is 9.88 Å². The Balaban J connectivity index is 1.73. The minimum atomic E-state index is -0.331. The Bertz CT molecular complexity index is 994. The number of hydrogen-bond acceptors (Lipinski definition) is 2. The number of hydrogen-bond donors (Lipinski definition) is 2. The predicted molar refractivity (Wildman–Crippen MR) is 105 cm³/mol. The first kappa shape index (κ1) is 18.0. The number of amides is 2. The van der Waals surface area contributed by atoms with Crippen LogP contribution in [0.1, 0.15) is 21.6 Å². The van der Waals surface area contributed by atoms with Gasteiger partial charge in [-0.25, -0.2) is 0 Å². The standard InChI is InChI=1S/C20H20ClN3O2/c1-12-7-6-10-15(13(12)2)22-17(25)11-24(3)20(26)19-18(21)14-8-4-5-9-16(14)23-19/h4-10,23H,11H2,1-3H3,(H,22,25). The van der Waals surface area contributed by atoms with Gasteiger partial charge in [0.2, 0.25) is 5.91 Å². The lowest BCUT2D eigenvalue weighted by Crippen LogP contribution is -2.35. The highest BCUT2D eigenvalue weighted by Gasteiger charge is 2.21. The van der Waals surface area contributed by atoms with Crippen molar-refractivity contribution in [2.45, 2.75) is 13.8 Å². The number of benzene rings is 2. The van der Waals surface area contributed by atoms with Crippen LogP contribution in [0.5, 0.6) is 0 Å². The quantitative estimate of drug-likeness (QED) is 0.725. The largest absolute Gasteiger partial charge is 0.349 e. The maximum Gasteiger partial charge on any atom is 0.272 e. The molecule has 0 radical (unpaired) electrons. The Hall–Kier alpha value is -2.79. The summed E-state index contributed by atoms with van der Waals surface area (Å²) in [6.45, 7) is 3.86. The number of halogens is 1. The fourth-order valence-electron chi connectivity index (χ4n) is 2.81. The lowest BCUT2D eigenvalue weighted by Gasteiger charge is -2.17. The number of nitrogens with one attached hydrogen (secondary N) is 2. The minimum Gasteiger partial charge on any atom is -0.349 e. The number of aromatic nitrogens is 1. The molecule has 2 amide bonds. The van der Waals surface area contributed by atoms with Crippen LogP contribution in [0.3, 0.4) is 0 Å². The molecule has 0 unspecified atom stereocenters. The molecule has 0 saturated carbocycles. The molecule has 3 rings (SSSR count). The molecule has 0 bridgehead atoms. The highest BCUT2D eigenvalue weighted by atomic mass is 35.5. The van der Waals surface area contributed by atoms with Crippen molar-refractivity contribution in [2.75, 3.05) is 18.9 Å². The molecule has 3 aromatic rings. The number of carbonyl (C=O) groups excluding carboxylic acids is 2. The number of fused-ring (bicyclic) bond motifs is 1. The molecule has 134 valence electrons. The van der Waals surface area contributed by atoms with Crippen LogP contribution in [0, 0.1) is 13.8 Å². The number of H-pyrrole nitrogens is 1. The first-order valence-corrected chi connectivity index (χ1v) is 8.64. The van der Waals surface area contributed by atoms with Gasteiger partial charge in [0, 0.05) is 23.6 Å². The minimum absolute atomic E-state index is 0.0715. The lowest BCUT2D eigenvalue weighted by molar-refractivity contribution is -0.116. The van der Waals surface area contributed by atoms with Gasteiger partial charge in [0.1, 0.15) is 5.69 Å². The topological polar surface area (TPSA) is 65.2 Å². The molecule has 1 heterocycles. The van der Waals surface area contributed by atoms with Crippen LogP contribution >= 0.6 is 11.6 Å². The van der Waals surface area contributed by atoms with Crippen molar-refractivity contribution < 1.29 is 9.59 Å². The molecule has 2 aromatic carbocycles. The molecule has 26 heavy (non-hydrogen) atoms. The van der Waals surface area contributed by atoms with Gasteiger partial charge in [-0.05, 0) is 37.1 Å². The van der Waals surface area contributed by atoms with Crippen molar-refractivity contribution in [3.8, 4) is 0 Å². The van der Waals surface area contributed by atoms with E-state index in [0.717, 1.165) is 27.7 Å². The lowest BCUT2D eigenvalue weighted by atomic mass is 10.1. The van der Waals surface area contributed by atoms with Crippen molar-refractivity contribution in [3.63, 3.8) is 0 Å². The van der Waals surface area contributed by atoms with Gasteiger partial charge in [-0.2, -0.15) is 0 Å². The number of likely N-dealkylation sites (N-methyl/N-ethyl adjacent to an activating group) is 1. The zero-order valence-electron chi connectivity index (χ0n) is 14.9. The zero-order valence-corrected chi connectivity index (χ0v) is 15.6. The van der Waals surface area contributed by atoms with Gasteiger partial charge < -0.3 is 15.2 Å². The van der Waals surface area contributed by atoms with Gasteiger partial charge in [-0.1, -0.05) is 41.9 Å². The summed E-state index contributed by atoms with van der Waals surface area (Å²) in [6.07, 6.45) is 0. The smallest absolute Gasteiger partial charge is 0.272 e. The molecule has 0 aliphatic carbocycles. The molecular formula is C20H20ClN3O2. The summed E-state index contributed by atoms with van der Waals surface area (Å²) in [5.74, 6) is -0.593. The van der Waals surface area contributed by atoms with Gasteiger partial charge >= 0.3 is 0 Å². The van der Waals surface area contributed by atoms with Gasteiger partial charge in [-0.15, -0.1) is 0 Å². The second kappa shape index (κ2) is 7.22. The average Bonchev–Trinajstić information content (AvgIpc) is 2.95. The molecule has 0 aliphatic heterocycles. The summed E-state index contributed by atoms with van der Waals surface area (Å²) in [4.78, 5) is 29.4. The average molecular weight is 370 g/mol. The number of aryl methyl sites for hydroxylation is 1. The number of para-hydroxylation sites is 1. The molecule has 0 aliphatic rings. The van der Waals surface area contributed by atoms with Crippen molar-refractivity contribution in [1.29, 1.82) is 0 Å². The van der Waals surface area contributed by atoms with Crippen molar-refractivity contribution >= 4 is 40.0 Å². The van der Waals surface area contributed by atoms with E-state index in [4.69, 9.17) is 11.6 Å². The van der Waals surface area contributed by atoms with E-state index >= 15 is 0 Å². The highest BCUT2D eigenvalue weighted by molar-refractivity contribution is 6.38. The third kappa shape index (κ3) is 3.44. The first-order chi connectivity index (χ1) is 12.4. The number of aromatic amines is 1. The molecule has 0 fully saturated rings. The second-order valence-electron chi connectivity index (χ2n) is 6.32. The molecule has 5 nitrogen and oxygen atoms in total. The maximum absolute atomic E-state index is 12.7. The molecule has 0 saturated heterocycles. The van der Waals surface area contributed by atoms with Gasteiger partial charge in [0.05, 0.1) is 11.6 Å². The van der Waals surface area contributed by atoms with E-state index in [2.05, 4.69) is 10.3 Å². The van der Waals surface area contributed by atoms with Crippen LogP contribution in [0.2, 0.25) is 5.02 Å². The Labute approximate surface area is 157 Å². The van der Waals surface area contributed by atoms with E-state index in [-0.39, 0.29) is 24.1 Å². The normalized spacial score (nSPS) is 10.8. The monoisotopic (exact) mass is 369 g/mol. The number of rotatable bonds is 4. The van der Waals surface area contributed by atoms with Gasteiger partial charge in [-0.3, -0.25) is 9.59 Å². The predicted octanol–water partition coefficient (Wildman–Crippen LogP) is 4.15. The SMILES string of the molecule is Cc1cccc(NC(=O)CN(C)C(=O)c2[nH]c3ccccc3c2Cl)c1C. The first-order valence-electron chi connectivity index (χ1n) is 8.26. The van der Waals surface area contributed by atoms with E-state index in [1.54, 1.807) is 7.05 Å². The Morgan fingerprint density at radius 2 is 1.85 bits per heavy atom. The van der Waals surface area contributed by atoms with E-state index in [9.17, 15) is 9.59 Å². The summed E-state index contributed by atoms with van der Waals surface area (Å²) >= 11 is 6.32. The fourth-order valence-corrected chi connectivity index (χ4v) is 3.10. The molecular weight excluding hydrogens is 350 g/mol. The summed E-state index contributed by atoms with van der Waals surface area (Å²) < 4.78 is 0. The Kier molecular flexibility index (Phi) is 5.00. The van der Waals surface area contributed by atoms with Crippen LogP contribution in [0.15, 0.2) is 42.5 Å². The number of nitrogens with zero attached hydrogens (tertiary/aromatic N) is 1. The summed E-state index contributed by atoms with van der Waals surface area (Å²) in [6, 6.07) is 13.1. The molecule has 1 aromatic heterocycles. The van der Waals surface area contributed by atoms with Crippen LogP contribution < -0.4 is 5.32 Å². The molecule has 0 spiro atoms. The van der Waals surface area contributed by atoms with Gasteiger partial charge in [0.15, 0.2) is 0 Å². The summed E-state index contributed by atoms with van der Waals surface area (Å²) in [5, 5.41) is 4.00. The Morgan fingerprint density at radius 3 is 2.58 bits per heavy atom. The third-order valence-corrected chi connectivity index (χ3v) is 4.86. The molecule has 2 N–H and O–H groups in total. The summed E-state index contributed by atoms with van der Waals surface area (Å²) in [7, 11) is 1.58. The molecule has 0 atom stereocenters. The second-order valence-corrected chi connectivity index (χ2v) is 6.69. The summed E-state index contributed by atoms with van der Waals surface area (Å²) in [5.41, 5.74) is 3.93. The van der Waals surface area contributed by atoms with Gasteiger partial charge in [0.25, 0.3) is 5.91 Å². The van der Waals surface area contributed by atoms with Crippen molar-refractivity contribution in [3.05, 3.63) is 64.3 Å². The number of carbonyl (C=O) groups is 2. The van der Waals surface area contributed by atoms with E-state index in [0.29, 0.717) is 5.02 Å². The molecule has 6 heteroatoms. The van der Waals surface area contributed by atoms with E-state index in [1.165, 1.54) is 4.90 Å². The van der Waals surface area contributed by atoms with Crippen LogP contribution in [0.25, 0.3) is 10.9 Å². The zero-order chi connectivity index (χ0) is 18.8. The van der Waals surface area contributed by atoms with Crippen LogP contribution in [-0.4, -0.2) is 35.3 Å². The highest BCUT2D eigenvalue weighted by Crippen LogP contribution is 2.27. The van der Waals surface area contributed by atoms with Crippen LogP contribution in [0.4, 0.5) is 5.69 Å². The maximum atomic E-state index is 12.7. The van der Waals surface area contributed by atoms with E-state index < -0.39 is 0 Å². The number of anilines is 1. The third-order valence-electron chi connectivity index (χ3n) is 4.46. The fraction of sp³-hybridized carbons (Fsp3) is 0.200. The van der Waals surface area contributed by atoms with Crippen molar-refractivity contribution in [2.24, 2.45) is 0 Å². The Morgan fingerprint density at radius 1 is 1.12 bits per heavy atom.